The lowest BCUT2D eigenvalue weighted by Gasteiger charge is -2.24. The summed E-state index contributed by atoms with van der Waals surface area (Å²) in [5.41, 5.74) is 7.81. The van der Waals surface area contributed by atoms with E-state index in [9.17, 15) is 0 Å². The summed E-state index contributed by atoms with van der Waals surface area (Å²) < 4.78 is 0. The Hall–Kier alpha value is -1.52. The first-order valence-corrected chi connectivity index (χ1v) is 4.27. The molecular weight excluding hydrogens is 158 g/mol. The molecule has 0 saturated carbocycles. The van der Waals surface area contributed by atoms with Gasteiger partial charge in [-0.2, -0.15) is 0 Å². The first kappa shape index (κ1) is 8.10. The summed E-state index contributed by atoms with van der Waals surface area (Å²) in [7, 11) is 0. The summed E-state index contributed by atoms with van der Waals surface area (Å²) in [6.45, 7) is 0. The summed E-state index contributed by atoms with van der Waals surface area (Å²) in [6, 6.07) is 8.16. The van der Waals surface area contributed by atoms with E-state index in [2.05, 4.69) is 18.1 Å². The Balaban J connectivity index is 2.46. The molecular formula is C12H11N. The number of benzene rings is 1. The van der Waals surface area contributed by atoms with E-state index >= 15 is 0 Å². The molecule has 0 radical (unpaired) electrons. The van der Waals surface area contributed by atoms with Crippen molar-refractivity contribution in [3.8, 4) is 12.3 Å². The molecule has 1 heteroatoms. The fourth-order valence-corrected chi connectivity index (χ4v) is 1.57. The number of fused-ring (bicyclic) bond motifs is 1. The highest BCUT2D eigenvalue weighted by molar-refractivity contribution is 5.60. The maximum absolute atomic E-state index is 5.95. The zero-order valence-corrected chi connectivity index (χ0v) is 7.33. The van der Waals surface area contributed by atoms with Gasteiger partial charge in [-0.3, -0.25) is 0 Å². The van der Waals surface area contributed by atoms with E-state index in [1.54, 1.807) is 0 Å². The van der Waals surface area contributed by atoms with E-state index in [1.807, 2.05) is 24.3 Å². The molecule has 2 rings (SSSR count). The molecule has 0 aliphatic heterocycles. The Kier molecular flexibility index (Phi) is 1.72. The molecule has 1 aromatic carbocycles. The minimum Gasteiger partial charge on any atom is -0.312 e. The number of hydrogen-bond donors (Lipinski definition) is 1. The summed E-state index contributed by atoms with van der Waals surface area (Å²) in [5.74, 6) is 2.61. The minimum absolute atomic E-state index is 0.589. The number of hydrogen-bond acceptors (Lipinski definition) is 1. The maximum Gasteiger partial charge on any atom is 0.100 e. The zero-order valence-electron chi connectivity index (χ0n) is 7.33. The third-order valence-electron chi connectivity index (χ3n) is 2.37. The Morgan fingerprint density at radius 2 is 2.15 bits per heavy atom. The van der Waals surface area contributed by atoms with E-state index in [0.29, 0.717) is 0 Å². The third kappa shape index (κ3) is 1.37. The molecule has 0 spiro atoms. The second-order valence-corrected chi connectivity index (χ2v) is 3.39. The van der Waals surface area contributed by atoms with Gasteiger partial charge in [0, 0.05) is 6.42 Å². The Morgan fingerprint density at radius 3 is 2.92 bits per heavy atom. The fraction of sp³-hybridized carbons (Fsp3) is 0.167. The standard InChI is InChI=1S/C12H11N/c1-2-12(13)8-7-10-5-3-4-6-11(10)9-12/h1,3-8H,9,13H2. The molecule has 13 heavy (non-hydrogen) atoms. The smallest absolute Gasteiger partial charge is 0.100 e. The van der Waals surface area contributed by atoms with Gasteiger partial charge in [-0.05, 0) is 11.1 Å². The van der Waals surface area contributed by atoms with Crippen LogP contribution in [0, 0.1) is 12.3 Å². The predicted octanol–water partition coefficient (Wildman–Crippen LogP) is 1.59. The third-order valence-corrected chi connectivity index (χ3v) is 2.37. The van der Waals surface area contributed by atoms with Crippen molar-refractivity contribution in [1.82, 2.24) is 0 Å². The van der Waals surface area contributed by atoms with Gasteiger partial charge in [-0.15, -0.1) is 6.42 Å². The number of terminal acetylenes is 1. The molecule has 2 N–H and O–H groups in total. The van der Waals surface area contributed by atoms with E-state index in [0.717, 1.165) is 6.42 Å². The van der Waals surface area contributed by atoms with Crippen molar-refractivity contribution < 1.29 is 0 Å². The normalized spacial score (nSPS) is 24.9. The van der Waals surface area contributed by atoms with Crippen molar-refractivity contribution in [2.24, 2.45) is 5.73 Å². The SMILES string of the molecule is C#CC1(N)C=Cc2ccccc2C1. The van der Waals surface area contributed by atoms with E-state index < -0.39 is 5.54 Å². The quantitative estimate of drug-likeness (QED) is 0.586. The zero-order chi connectivity index (χ0) is 9.31. The van der Waals surface area contributed by atoms with Gasteiger partial charge < -0.3 is 5.73 Å². The summed E-state index contributed by atoms with van der Waals surface area (Å²) in [4.78, 5) is 0. The van der Waals surface area contributed by atoms with Crippen LogP contribution in [0.25, 0.3) is 6.08 Å². The van der Waals surface area contributed by atoms with Gasteiger partial charge in [0.25, 0.3) is 0 Å². The number of rotatable bonds is 0. The molecule has 1 atom stereocenters. The van der Waals surface area contributed by atoms with Crippen LogP contribution in [0.2, 0.25) is 0 Å². The van der Waals surface area contributed by atoms with Gasteiger partial charge >= 0.3 is 0 Å². The lowest BCUT2D eigenvalue weighted by molar-refractivity contribution is 0.670. The molecule has 64 valence electrons. The van der Waals surface area contributed by atoms with Crippen LogP contribution in [-0.4, -0.2) is 5.54 Å². The van der Waals surface area contributed by atoms with Crippen molar-refractivity contribution in [2.75, 3.05) is 0 Å². The molecule has 1 nitrogen and oxygen atoms in total. The van der Waals surface area contributed by atoms with Crippen molar-refractivity contribution in [3.63, 3.8) is 0 Å². The largest absolute Gasteiger partial charge is 0.312 e. The molecule has 1 aliphatic rings. The first-order chi connectivity index (χ1) is 6.23. The van der Waals surface area contributed by atoms with Crippen molar-refractivity contribution >= 4 is 6.08 Å². The molecule has 0 saturated heterocycles. The van der Waals surface area contributed by atoms with E-state index in [-0.39, 0.29) is 0 Å². The van der Waals surface area contributed by atoms with Crippen LogP contribution in [0.1, 0.15) is 11.1 Å². The van der Waals surface area contributed by atoms with Gasteiger partial charge in [0.2, 0.25) is 0 Å². The van der Waals surface area contributed by atoms with Crippen LogP contribution >= 0.6 is 0 Å². The van der Waals surface area contributed by atoms with Crippen LogP contribution in [0.15, 0.2) is 30.3 Å². The first-order valence-electron chi connectivity index (χ1n) is 4.27. The fourth-order valence-electron chi connectivity index (χ4n) is 1.57. The van der Waals surface area contributed by atoms with Crippen molar-refractivity contribution in [1.29, 1.82) is 0 Å². The molecule has 1 aromatic rings. The van der Waals surface area contributed by atoms with Gasteiger partial charge in [-0.1, -0.05) is 42.3 Å². The van der Waals surface area contributed by atoms with E-state index in [1.165, 1.54) is 11.1 Å². The van der Waals surface area contributed by atoms with Crippen LogP contribution in [0.4, 0.5) is 0 Å². The maximum atomic E-state index is 5.95. The Labute approximate surface area is 78.3 Å². The molecule has 0 bridgehead atoms. The number of nitrogens with two attached hydrogens (primary N) is 1. The lowest BCUT2D eigenvalue weighted by Crippen LogP contribution is -2.39. The van der Waals surface area contributed by atoms with Crippen LogP contribution in [0.5, 0.6) is 0 Å². The molecule has 0 aromatic heterocycles. The van der Waals surface area contributed by atoms with Crippen LogP contribution in [0.3, 0.4) is 0 Å². The molecule has 0 amide bonds. The second kappa shape index (κ2) is 2.76. The highest BCUT2D eigenvalue weighted by Gasteiger charge is 2.23. The van der Waals surface area contributed by atoms with Crippen LogP contribution in [-0.2, 0) is 6.42 Å². The summed E-state index contributed by atoms with van der Waals surface area (Å²) in [5, 5.41) is 0. The molecule has 0 heterocycles. The average molecular weight is 169 g/mol. The molecule has 0 fully saturated rings. The van der Waals surface area contributed by atoms with Gasteiger partial charge in [-0.25, -0.2) is 0 Å². The van der Waals surface area contributed by atoms with E-state index in [4.69, 9.17) is 12.2 Å². The summed E-state index contributed by atoms with van der Waals surface area (Å²) in [6.07, 6.45) is 10.00. The van der Waals surface area contributed by atoms with Gasteiger partial charge in [0.15, 0.2) is 0 Å². The highest BCUT2D eigenvalue weighted by atomic mass is 14.7. The molecule has 1 aliphatic carbocycles. The van der Waals surface area contributed by atoms with Crippen molar-refractivity contribution in [2.45, 2.75) is 12.0 Å². The summed E-state index contributed by atoms with van der Waals surface area (Å²) >= 11 is 0. The van der Waals surface area contributed by atoms with Gasteiger partial charge in [0.05, 0.1) is 0 Å². The predicted molar refractivity (Wildman–Crippen MR) is 54.9 cm³/mol. The van der Waals surface area contributed by atoms with Crippen LogP contribution < -0.4 is 5.73 Å². The highest BCUT2D eigenvalue weighted by Crippen LogP contribution is 2.23. The lowest BCUT2D eigenvalue weighted by atomic mass is 9.85. The molecule has 1 unspecified atom stereocenters. The van der Waals surface area contributed by atoms with Gasteiger partial charge in [0.1, 0.15) is 5.54 Å². The topological polar surface area (TPSA) is 26.0 Å². The second-order valence-electron chi connectivity index (χ2n) is 3.39. The monoisotopic (exact) mass is 169 g/mol. The van der Waals surface area contributed by atoms with Crippen molar-refractivity contribution in [3.05, 3.63) is 41.5 Å². The Bertz CT molecular complexity index is 398. The Morgan fingerprint density at radius 1 is 1.38 bits per heavy atom. The average Bonchev–Trinajstić information content (AvgIpc) is 2.18. The minimum atomic E-state index is -0.589.